The molecule has 1 aliphatic rings. The molecule has 1 aromatic heterocycles. The van der Waals surface area contributed by atoms with E-state index < -0.39 is 21.9 Å². The summed E-state index contributed by atoms with van der Waals surface area (Å²) in [6.45, 7) is 0.228. The standard InChI is InChI=1S/C12H16BrN3O4/c1-14-6-9(16(19)20)10(17)15(11(14)18)8-12(7-13)4-2-3-5-12/h6H,2-5,7-8H2,1H3. The van der Waals surface area contributed by atoms with Crippen LogP contribution in [-0.2, 0) is 13.6 Å². The summed E-state index contributed by atoms with van der Waals surface area (Å²) < 4.78 is 2.10. The first-order chi connectivity index (χ1) is 9.40. The monoisotopic (exact) mass is 345 g/mol. The van der Waals surface area contributed by atoms with Crippen molar-refractivity contribution >= 4 is 21.6 Å². The highest BCUT2D eigenvalue weighted by Gasteiger charge is 2.35. The zero-order chi connectivity index (χ0) is 14.9. The lowest BCUT2D eigenvalue weighted by atomic mass is 9.89. The fourth-order valence-electron chi connectivity index (χ4n) is 2.77. The van der Waals surface area contributed by atoms with E-state index in [1.165, 1.54) is 7.05 Å². The lowest BCUT2D eigenvalue weighted by Crippen LogP contribution is -2.43. The minimum Gasteiger partial charge on any atom is -0.297 e. The third kappa shape index (κ3) is 2.56. The zero-order valence-corrected chi connectivity index (χ0v) is 12.8. The van der Waals surface area contributed by atoms with Gasteiger partial charge in [-0.25, -0.2) is 4.79 Å². The second-order valence-electron chi connectivity index (χ2n) is 5.40. The summed E-state index contributed by atoms with van der Waals surface area (Å²) >= 11 is 3.45. The van der Waals surface area contributed by atoms with Crippen LogP contribution in [0.5, 0.6) is 0 Å². The van der Waals surface area contributed by atoms with Gasteiger partial charge in [0.2, 0.25) is 0 Å². The van der Waals surface area contributed by atoms with Crippen LogP contribution in [0.1, 0.15) is 25.7 Å². The molecule has 20 heavy (non-hydrogen) atoms. The van der Waals surface area contributed by atoms with E-state index in [0.717, 1.165) is 41.0 Å². The molecule has 1 aromatic rings. The smallest absolute Gasteiger partial charge is 0.297 e. The Morgan fingerprint density at radius 2 is 2.00 bits per heavy atom. The number of halogens is 1. The van der Waals surface area contributed by atoms with E-state index in [-0.39, 0.29) is 12.0 Å². The minimum absolute atomic E-state index is 0.161. The zero-order valence-electron chi connectivity index (χ0n) is 11.2. The Hall–Kier alpha value is -1.44. The molecular weight excluding hydrogens is 330 g/mol. The van der Waals surface area contributed by atoms with E-state index in [1.807, 2.05) is 0 Å². The molecule has 1 fully saturated rings. The molecule has 0 N–H and O–H groups in total. The third-order valence-electron chi connectivity index (χ3n) is 3.95. The predicted molar refractivity (Wildman–Crippen MR) is 77.3 cm³/mol. The van der Waals surface area contributed by atoms with Crippen LogP contribution in [0.4, 0.5) is 5.69 Å². The quantitative estimate of drug-likeness (QED) is 0.469. The topological polar surface area (TPSA) is 87.1 Å². The first-order valence-corrected chi connectivity index (χ1v) is 7.53. The molecule has 0 aliphatic heterocycles. The number of aryl methyl sites for hydroxylation is 1. The lowest BCUT2D eigenvalue weighted by molar-refractivity contribution is -0.387. The Bertz CT molecular complexity index is 643. The molecule has 0 amide bonds. The number of nitro groups is 1. The minimum atomic E-state index is -0.815. The van der Waals surface area contributed by atoms with Gasteiger partial charge in [-0.15, -0.1) is 0 Å². The van der Waals surface area contributed by atoms with Crippen LogP contribution in [0.3, 0.4) is 0 Å². The van der Waals surface area contributed by atoms with Crippen molar-refractivity contribution in [3.63, 3.8) is 0 Å². The summed E-state index contributed by atoms with van der Waals surface area (Å²) in [7, 11) is 1.42. The van der Waals surface area contributed by atoms with Crippen LogP contribution in [0.15, 0.2) is 15.8 Å². The van der Waals surface area contributed by atoms with Gasteiger partial charge in [0.1, 0.15) is 0 Å². The fourth-order valence-corrected chi connectivity index (χ4v) is 3.51. The molecule has 0 atom stereocenters. The molecule has 0 spiro atoms. The summed E-state index contributed by atoms with van der Waals surface area (Å²) in [5, 5.41) is 11.6. The molecule has 1 heterocycles. The van der Waals surface area contributed by atoms with Gasteiger partial charge in [-0.3, -0.25) is 24.0 Å². The molecule has 110 valence electrons. The molecule has 1 aliphatic carbocycles. The molecular formula is C12H16BrN3O4. The molecule has 0 bridgehead atoms. The Morgan fingerprint density at radius 3 is 2.50 bits per heavy atom. The van der Waals surface area contributed by atoms with Crippen LogP contribution in [-0.4, -0.2) is 19.4 Å². The molecule has 0 radical (unpaired) electrons. The number of rotatable bonds is 4. The number of alkyl halides is 1. The summed E-state index contributed by atoms with van der Waals surface area (Å²) in [5.74, 6) is 0. The van der Waals surface area contributed by atoms with Gasteiger partial charge in [0.15, 0.2) is 0 Å². The highest BCUT2D eigenvalue weighted by Crippen LogP contribution is 2.40. The molecule has 1 saturated carbocycles. The Kier molecular flexibility index (Phi) is 4.12. The van der Waals surface area contributed by atoms with Gasteiger partial charge < -0.3 is 0 Å². The maximum atomic E-state index is 12.1. The van der Waals surface area contributed by atoms with Gasteiger partial charge in [-0.05, 0) is 18.3 Å². The summed E-state index contributed by atoms with van der Waals surface area (Å²) in [4.78, 5) is 34.4. The van der Waals surface area contributed by atoms with Crippen LogP contribution >= 0.6 is 15.9 Å². The van der Waals surface area contributed by atoms with Crippen LogP contribution in [0.2, 0.25) is 0 Å². The van der Waals surface area contributed by atoms with Crippen LogP contribution < -0.4 is 11.2 Å². The van der Waals surface area contributed by atoms with Crippen molar-refractivity contribution in [2.45, 2.75) is 32.2 Å². The van der Waals surface area contributed by atoms with Crippen molar-refractivity contribution in [3.05, 3.63) is 37.1 Å². The third-order valence-corrected chi connectivity index (χ3v) is 5.14. The summed E-state index contributed by atoms with van der Waals surface area (Å²) in [6.07, 6.45) is 4.91. The highest BCUT2D eigenvalue weighted by atomic mass is 79.9. The maximum absolute atomic E-state index is 12.1. The fraction of sp³-hybridized carbons (Fsp3) is 0.667. The predicted octanol–water partition coefficient (Wildman–Crippen LogP) is 1.41. The van der Waals surface area contributed by atoms with Gasteiger partial charge in [0.05, 0.1) is 11.1 Å². The largest absolute Gasteiger partial charge is 0.350 e. The Morgan fingerprint density at radius 1 is 1.40 bits per heavy atom. The van der Waals surface area contributed by atoms with Crippen molar-refractivity contribution in [1.82, 2.24) is 9.13 Å². The first kappa shape index (κ1) is 15.0. The molecule has 0 saturated heterocycles. The maximum Gasteiger partial charge on any atom is 0.350 e. The van der Waals surface area contributed by atoms with Gasteiger partial charge >= 0.3 is 16.9 Å². The molecule has 7 nitrogen and oxygen atoms in total. The number of hydrogen-bond donors (Lipinski definition) is 0. The van der Waals surface area contributed by atoms with Crippen molar-refractivity contribution < 1.29 is 4.92 Å². The van der Waals surface area contributed by atoms with Gasteiger partial charge in [0.25, 0.3) is 0 Å². The van der Waals surface area contributed by atoms with Crippen LogP contribution in [0, 0.1) is 15.5 Å². The second-order valence-corrected chi connectivity index (χ2v) is 5.96. The summed E-state index contributed by atoms with van der Waals surface area (Å²) in [5.41, 5.74) is -2.04. The van der Waals surface area contributed by atoms with E-state index in [2.05, 4.69) is 15.9 Å². The molecule has 0 aromatic carbocycles. The average molecular weight is 346 g/mol. The van der Waals surface area contributed by atoms with Gasteiger partial charge in [0, 0.05) is 18.9 Å². The van der Waals surface area contributed by atoms with E-state index >= 15 is 0 Å². The number of hydrogen-bond acceptors (Lipinski definition) is 4. The van der Waals surface area contributed by atoms with Crippen molar-refractivity contribution in [3.8, 4) is 0 Å². The normalized spacial score (nSPS) is 17.3. The highest BCUT2D eigenvalue weighted by molar-refractivity contribution is 9.09. The van der Waals surface area contributed by atoms with E-state index in [9.17, 15) is 19.7 Å². The van der Waals surface area contributed by atoms with Crippen molar-refractivity contribution in [2.24, 2.45) is 12.5 Å². The molecule has 8 heteroatoms. The number of nitrogens with zero attached hydrogens (tertiary/aromatic N) is 3. The molecule has 0 unspecified atom stereocenters. The number of aromatic nitrogens is 2. The summed E-state index contributed by atoms with van der Waals surface area (Å²) in [6, 6.07) is 0. The lowest BCUT2D eigenvalue weighted by Gasteiger charge is -2.26. The second kappa shape index (κ2) is 5.51. The van der Waals surface area contributed by atoms with E-state index in [4.69, 9.17) is 0 Å². The van der Waals surface area contributed by atoms with Gasteiger partial charge in [-0.2, -0.15) is 0 Å². The van der Waals surface area contributed by atoms with E-state index in [0.29, 0.717) is 5.33 Å². The average Bonchev–Trinajstić information content (AvgIpc) is 2.88. The SMILES string of the molecule is Cn1cc([N+](=O)[O-])c(=O)n(CC2(CBr)CCCC2)c1=O. The van der Waals surface area contributed by atoms with Gasteiger partial charge in [-0.1, -0.05) is 28.8 Å². The molecule has 2 rings (SSSR count). The van der Waals surface area contributed by atoms with Crippen LogP contribution in [0.25, 0.3) is 0 Å². The Labute approximate surface area is 123 Å². The van der Waals surface area contributed by atoms with Crippen molar-refractivity contribution in [2.75, 3.05) is 5.33 Å². The first-order valence-electron chi connectivity index (χ1n) is 6.41. The van der Waals surface area contributed by atoms with Crippen molar-refractivity contribution in [1.29, 1.82) is 0 Å². The van der Waals surface area contributed by atoms with E-state index in [1.54, 1.807) is 0 Å². The Balaban J connectivity index is 2.54.